The van der Waals surface area contributed by atoms with Gasteiger partial charge in [-0.15, -0.1) is 0 Å². The highest BCUT2D eigenvalue weighted by Crippen LogP contribution is 2.52. The number of ether oxygens (including phenoxy) is 3. The molecule has 2 heterocycles. The molecule has 6 nitrogen and oxygen atoms in total. The van der Waals surface area contributed by atoms with Crippen LogP contribution in [-0.4, -0.2) is 36.1 Å². The van der Waals surface area contributed by atoms with Gasteiger partial charge in [0.1, 0.15) is 11.9 Å². The van der Waals surface area contributed by atoms with Crippen molar-refractivity contribution in [3.8, 4) is 17.0 Å². The van der Waals surface area contributed by atoms with Crippen molar-refractivity contribution in [2.75, 3.05) is 18.5 Å². The predicted molar refractivity (Wildman–Crippen MR) is 142 cm³/mol. The topological polar surface area (TPSA) is 61.7 Å². The largest absolute Gasteiger partial charge is 0.490 e. The summed E-state index contributed by atoms with van der Waals surface area (Å²) in [4.78, 5) is 12.1. The van der Waals surface area contributed by atoms with Gasteiger partial charge >= 0.3 is 6.09 Å². The molecule has 36 heavy (non-hydrogen) atoms. The van der Waals surface area contributed by atoms with Gasteiger partial charge in [-0.3, -0.25) is 5.32 Å². The molecule has 1 amide bonds. The number of nitrogens with zero attached hydrogens (tertiary/aromatic N) is 1. The van der Waals surface area contributed by atoms with Crippen LogP contribution >= 0.6 is 0 Å². The Morgan fingerprint density at radius 1 is 1.00 bits per heavy atom. The highest BCUT2D eigenvalue weighted by molar-refractivity contribution is 5.94. The quantitative estimate of drug-likeness (QED) is 0.376. The van der Waals surface area contributed by atoms with Crippen LogP contribution in [0.4, 0.5) is 10.5 Å². The Hall–Kier alpha value is -2.99. The summed E-state index contributed by atoms with van der Waals surface area (Å²) in [5.74, 6) is 1.58. The van der Waals surface area contributed by atoms with Gasteiger partial charge in [-0.1, -0.05) is 12.1 Å². The van der Waals surface area contributed by atoms with E-state index in [1.165, 1.54) is 59.8 Å². The van der Waals surface area contributed by atoms with E-state index < -0.39 is 6.09 Å². The van der Waals surface area contributed by atoms with Crippen molar-refractivity contribution in [3.05, 3.63) is 48.0 Å². The maximum absolute atomic E-state index is 12.1. The van der Waals surface area contributed by atoms with Crippen LogP contribution < -0.4 is 10.1 Å². The molecule has 3 aromatic rings. The summed E-state index contributed by atoms with van der Waals surface area (Å²) in [6.07, 6.45) is 7.77. The SMILES string of the molecule is CC(C)OC(=O)Nc1ccc(-c2c(C3CC3)c3ccc(OC4CCOCC4)cc3n2C2CCC2)cc1. The molecule has 2 saturated carbocycles. The summed E-state index contributed by atoms with van der Waals surface area (Å²) in [5, 5.41) is 4.20. The molecule has 0 atom stereocenters. The summed E-state index contributed by atoms with van der Waals surface area (Å²) in [6.45, 7) is 5.26. The molecule has 1 aromatic heterocycles. The lowest BCUT2D eigenvalue weighted by Crippen LogP contribution is -2.25. The van der Waals surface area contributed by atoms with Crippen LogP contribution in [-0.2, 0) is 9.47 Å². The molecule has 1 N–H and O–H groups in total. The first-order valence-electron chi connectivity index (χ1n) is 13.6. The van der Waals surface area contributed by atoms with Crippen LogP contribution in [0.25, 0.3) is 22.2 Å². The van der Waals surface area contributed by atoms with Gasteiger partial charge in [-0.2, -0.15) is 0 Å². The molecule has 1 saturated heterocycles. The number of hydrogen-bond donors (Lipinski definition) is 1. The molecule has 1 aliphatic heterocycles. The fourth-order valence-electron chi connectivity index (χ4n) is 5.55. The van der Waals surface area contributed by atoms with E-state index in [1.807, 2.05) is 26.0 Å². The lowest BCUT2D eigenvalue weighted by Gasteiger charge is -2.30. The summed E-state index contributed by atoms with van der Waals surface area (Å²) in [7, 11) is 0. The van der Waals surface area contributed by atoms with Crippen molar-refractivity contribution >= 4 is 22.7 Å². The number of amides is 1. The number of rotatable bonds is 7. The van der Waals surface area contributed by atoms with Gasteiger partial charge in [0.2, 0.25) is 0 Å². The van der Waals surface area contributed by atoms with Crippen LogP contribution in [0.15, 0.2) is 42.5 Å². The number of carbonyl (C=O) groups excluding carboxylic acids is 1. The number of carbonyl (C=O) groups is 1. The Morgan fingerprint density at radius 3 is 2.39 bits per heavy atom. The standard InChI is InChI=1S/C30H36N2O4/c1-19(2)35-30(33)31-22-10-8-21(9-11-22)29-28(20-6-7-20)26-13-12-25(36-24-14-16-34-17-15-24)18-27(26)32(29)23-4-3-5-23/h8-13,18-20,23-24H,3-7,14-17H2,1-2H3,(H,31,33). The zero-order chi connectivity index (χ0) is 24.6. The van der Waals surface area contributed by atoms with Gasteiger partial charge in [0.25, 0.3) is 0 Å². The first kappa shape index (κ1) is 23.4. The van der Waals surface area contributed by atoms with Crippen molar-refractivity contribution < 1.29 is 19.0 Å². The second-order valence-corrected chi connectivity index (χ2v) is 10.8. The molecule has 190 valence electrons. The van der Waals surface area contributed by atoms with Gasteiger partial charge < -0.3 is 18.8 Å². The molecule has 6 heteroatoms. The van der Waals surface area contributed by atoms with Crippen LogP contribution in [0, 0.1) is 0 Å². The van der Waals surface area contributed by atoms with E-state index in [1.54, 1.807) is 0 Å². The van der Waals surface area contributed by atoms with E-state index in [2.05, 4.69) is 40.2 Å². The molecular formula is C30H36N2O4. The number of hydrogen-bond acceptors (Lipinski definition) is 4. The number of fused-ring (bicyclic) bond motifs is 1. The smallest absolute Gasteiger partial charge is 0.411 e. The van der Waals surface area contributed by atoms with Crippen molar-refractivity contribution in [2.24, 2.45) is 0 Å². The van der Waals surface area contributed by atoms with E-state index in [4.69, 9.17) is 14.2 Å². The third-order valence-corrected chi connectivity index (χ3v) is 7.66. The van der Waals surface area contributed by atoms with Gasteiger partial charge in [-0.25, -0.2) is 4.79 Å². The molecule has 2 aliphatic carbocycles. The Labute approximate surface area is 212 Å². The highest BCUT2D eigenvalue weighted by Gasteiger charge is 2.35. The fourth-order valence-corrected chi connectivity index (χ4v) is 5.55. The fraction of sp³-hybridized carbons (Fsp3) is 0.500. The lowest BCUT2D eigenvalue weighted by molar-refractivity contribution is 0.0256. The monoisotopic (exact) mass is 488 g/mol. The van der Waals surface area contributed by atoms with E-state index in [-0.39, 0.29) is 12.2 Å². The molecule has 3 aliphatic rings. The van der Waals surface area contributed by atoms with Gasteiger partial charge in [0, 0.05) is 36.0 Å². The maximum atomic E-state index is 12.1. The average molecular weight is 489 g/mol. The van der Waals surface area contributed by atoms with Gasteiger partial charge in [0.15, 0.2) is 0 Å². The minimum atomic E-state index is -0.419. The Kier molecular flexibility index (Phi) is 6.38. The van der Waals surface area contributed by atoms with Crippen molar-refractivity contribution in [1.82, 2.24) is 4.57 Å². The Balaban J connectivity index is 1.38. The first-order valence-corrected chi connectivity index (χ1v) is 13.6. The lowest BCUT2D eigenvalue weighted by atomic mass is 9.92. The van der Waals surface area contributed by atoms with Crippen molar-refractivity contribution in [1.29, 1.82) is 0 Å². The third-order valence-electron chi connectivity index (χ3n) is 7.66. The number of benzene rings is 2. The van der Waals surface area contributed by atoms with Gasteiger partial charge in [0.05, 0.1) is 30.5 Å². The number of aromatic nitrogens is 1. The molecule has 0 unspecified atom stereocenters. The molecule has 0 bridgehead atoms. The van der Waals surface area contributed by atoms with Crippen molar-refractivity contribution in [3.63, 3.8) is 0 Å². The third kappa shape index (κ3) is 4.71. The van der Waals surface area contributed by atoms with E-state index in [0.29, 0.717) is 12.0 Å². The molecular weight excluding hydrogens is 452 g/mol. The summed E-state index contributed by atoms with van der Waals surface area (Å²) in [6, 6.07) is 15.5. The van der Waals surface area contributed by atoms with E-state index in [0.717, 1.165) is 37.5 Å². The van der Waals surface area contributed by atoms with Crippen LogP contribution in [0.1, 0.15) is 76.3 Å². The summed E-state index contributed by atoms with van der Waals surface area (Å²) >= 11 is 0. The molecule has 3 fully saturated rings. The molecule has 0 radical (unpaired) electrons. The minimum Gasteiger partial charge on any atom is -0.490 e. The van der Waals surface area contributed by atoms with Crippen LogP contribution in [0.3, 0.4) is 0 Å². The number of anilines is 1. The van der Waals surface area contributed by atoms with Crippen molar-refractivity contribution in [2.45, 2.75) is 83.0 Å². The second-order valence-electron chi connectivity index (χ2n) is 10.8. The minimum absolute atomic E-state index is 0.149. The second kappa shape index (κ2) is 9.81. The predicted octanol–water partition coefficient (Wildman–Crippen LogP) is 7.43. The maximum Gasteiger partial charge on any atom is 0.411 e. The normalized spacial score (nSPS) is 18.9. The number of nitrogens with one attached hydrogen (secondary N) is 1. The molecule has 2 aromatic carbocycles. The van der Waals surface area contributed by atoms with Gasteiger partial charge in [-0.05, 0) is 87.3 Å². The highest BCUT2D eigenvalue weighted by atomic mass is 16.6. The van der Waals surface area contributed by atoms with Crippen LogP contribution in [0.2, 0.25) is 0 Å². The first-order chi connectivity index (χ1) is 17.6. The average Bonchev–Trinajstić information content (AvgIpc) is 3.62. The van der Waals surface area contributed by atoms with Crippen LogP contribution in [0.5, 0.6) is 5.75 Å². The zero-order valence-corrected chi connectivity index (χ0v) is 21.3. The molecule has 0 spiro atoms. The van der Waals surface area contributed by atoms with E-state index >= 15 is 0 Å². The summed E-state index contributed by atoms with van der Waals surface area (Å²) in [5.41, 5.74) is 6.07. The summed E-state index contributed by atoms with van der Waals surface area (Å²) < 4.78 is 19.8. The zero-order valence-electron chi connectivity index (χ0n) is 21.3. The Bertz CT molecular complexity index is 1230. The Morgan fingerprint density at radius 2 is 1.75 bits per heavy atom. The van der Waals surface area contributed by atoms with E-state index in [9.17, 15) is 4.79 Å². The molecule has 6 rings (SSSR count).